The third kappa shape index (κ3) is 3.75. The zero-order chi connectivity index (χ0) is 20.4. The normalized spacial score (nSPS) is 10.7. The van der Waals surface area contributed by atoms with Gasteiger partial charge < -0.3 is 10.3 Å². The molecule has 0 radical (unpaired) electrons. The van der Waals surface area contributed by atoms with Crippen LogP contribution in [0.2, 0.25) is 0 Å². The fraction of sp³-hybridized carbons (Fsp3) is 0.0455. The zero-order valence-corrected chi connectivity index (χ0v) is 15.4. The number of pyridine rings is 2. The number of anilines is 1. The minimum atomic E-state index is -0.928. The van der Waals surface area contributed by atoms with Crippen molar-refractivity contribution >= 4 is 11.7 Å². The molecule has 4 rings (SSSR count). The van der Waals surface area contributed by atoms with Crippen LogP contribution in [-0.2, 0) is 0 Å². The van der Waals surface area contributed by atoms with E-state index >= 15 is 0 Å². The topological polar surface area (TPSA) is 70.7 Å². The lowest BCUT2D eigenvalue weighted by atomic mass is 10.1. The number of hydrogen-bond donors (Lipinski definition) is 2. The van der Waals surface area contributed by atoms with E-state index < -0.39 is 23.1 Å². The lowest BCUT2D eigenvalue weighted by Crippen LogP contribution is -2.16. The molecule has 0 saturated heterocycles. The van der Waals surface area contributed by atoms with Crippen molar-refractivity contribution in [3.63, 3.8) is 0 Å². The van der Waals surface area contributed by atoms with Gasteiger partial charge in [0.2, 0.25) is 0 Å². The van der Waals surface area contributed by atoms with Gasteiger partial charge in [-0.25, -0.2) is 13.8 Å². The number of aromatic amines is 1. The summed E-state index contributed by atoms with van der Waals surface area (Å²) in [7, 11) is 0. The second-order valence-electron chi connectivity index (χ2n) is 6.44. The van der Waals surface area contributed by atoms with Crippen molar-refractivity contribution in [3.8, 4) is 22.6 Å². The molecule has 4 aromatic rings. The van der Waals surface area contributed by atoms with Gasteiger partial charge in [-0.3, -0.25) is 9.78 Å². The summed E-state index contributed by atoms with van der Waals surface area (Å²) in [5.41, 5.74) is 3.75. The Labute approximate surface area is 165 Å². The van der Waals surface area contributed by atoms with Crippen molar-refractivity contribution in [2.24, 2.45) is 0 Å². The van der Waals surface area contributed by atoms with Crippen LogP contribution in [0.15, 0.2) is 67.0 Å². The number of H-pyrrole nitrogens is 1. The van der Waals surface area contributed by atoms with Crippen LogP contribution in [0.25, 0.3) is 22.6 Å². The van der Waals surface area contributed by atoms with E-state index in [0.29, 0.717) is 0 Å². The Balaban J connectivity index is 1.56. The molecular formula is C22H16F2N4O. The van der Waals surface area contributed by atoms with E-state index in [4.69, 9.17) is 0 Å². The van der Waals surface area contributed by atoms with Crippen LogP contribution >= 0.6 is 0 Å². The highest BCUT2D eigenvalue weighted by molar-refractivity contribution is 6.04. The number of aromatic nitrogens is 3. The maximum atomic E-state index is 13.7. The number of halogens is 2. The Bertz CT molecular complexity index is 1150. The molecule has 1 aromatic carbocycles. The highest BCUT2D eigenvalue weighted by atomic mass is 19.1. The molecule has 7 heteroatoms. The van der Waals surface area contributed by atoms with Crippen LogP contribution in [0.4, 0.5) is 14.6 Å². The van der Waals surface area contributed by atoms with Crippen molar-refractivity contribution in [2.75, 3.05) is 5.32 Å². The van der Waals surface area contributed by atoms with E-state index in [2.05, 4.69) is 20.3 Å². The summed E-state index contributed by atoms with van der Waals surface area (Å²) in [6.45, 7) is 1.97. The van der Waals surface area contributed by atoms with Gasteiger partial charge in [0.25, 0.3) is 5.91 Å². The second-order valence-corrected chi connectivity index (χ2v) is 6.44. The van der Waals surface area contributed by atoms with Crippen LogP contribution in [0.5, 0.6) is 0 Å². The molecule has 0 spiro atoms. The number of benzene rings is 1. The minimum Gasteiger partial charge on any atom is -0.353 e. The Kier molecular flexibility index (Phi) is 4.87. The lowest BCUT2D eigenvalue weighted by molar-refractivity contribution is 0.101. The Hall–Kier alpha value is -3.87. The van der Waals surface area contributed by atoms with E-state index in [-0.39, 0.29) is 5.82 Å². The molecule has 29 heavy (non-hydrogen) atoms. The smallest absolute Gasteiger partial charge is 0.262 e. The number of nitrogens with zero attached hydrogens (tertiary/aromatic N) is 2. The highest BCUT2D eigenvalue weighted by Crippen LogP contribution is 2.27. The van der Waals surface area contributed by atoms with Crippen LogP contribution in [0.1, 0.15) is 15.9 Å². The van der Waals surface area contributed by atoms with Gasteiger partial charge in [0.15, 0.2) is 0 Å². The molecule has 5 nitrogen and oxygen atoms in total. The fourth-order valence-corrected chi connectivity index (χ4v) is 3.03. The lowest BCUT2D eigenvalue weighted by Gasteiger charge is -2.07. The van der Waals surface area contributed by atoms with Gasteiger partial charge in [-0.1, -0.05) is 12.1 Å². The molecule has 0 atom stereocenters. The molecule has 2 N–H and O–H groups in total. The van der Waals surface area contributed by atoms with Gasteiger partial charge in [-0.2, -0.15) is 0 Å². The van der Waals surface area contributed by atoms with Crippen LogP contribution < -0.4 is 5.32 Å². The van der Waals surface area contributed by atoms with Gasteiger partial charge >= 0.3 is 0 Å². The zero-order valence-electron chi connectivity index (χ0n) is 15.4. The first-order valence-electron chi connectivity index (χ1n) is 8.86. The molecule has 0 aliphatic heterocycles. The third-order valence-electron chi connectivity index (χ3n) is 4.44. The first kappa shape index (κ1) is 18.5. The molecule has 0 unspecified atom stereocenters. The van der Waals surface area contributed by atoms with E-state index in [1.807, 2.05) is 31.2 Å². The van der Waals surface area contributed by atoms with Gasteiger partial charge in [-0.05, 0) is 55.0 Å². The summed E-state index contributed by atoms with van der Waals surface area (Å²) in [4.78, 5) is 24.0. The van der Waals surface area contributed by atoms with E-state index in [1.165, 1.54) is 6.07 Å². The summed E-state index contributed by atoms with van der Waals surface area (Å²) in [6, 6.07) is 14.3. The first-order chi connectivity index (χ1) is 14.0. The van der Waals surface area contributed by atoms with Gasteiger partial charge in [0, 0.05) is 18.0 Å². The summed E-state index contributed by atoms with van der Waals surface area (Å²) in [6.07, 6.45) is 3.30. The van der Waals surface area contributed by atoms with Crippen LogP contribution in [0.3, 0.4) is 0 Å². The number of aryl methyl sites for hydroxylation is 1. The molecule has 0 fully saturated rings. The summed E-state index contributed by atoms with van der Waals surface area (Å²) in [5.74, 6) is -2.56. The van der Waals surface area contributed by atoms with Gasteiger partial charge in [-0.15, -0.1) is 0 Å². The monoisotopic (exact) mass is 390 g/mol. The van der Waals surface area contributed by atoms with Crippen molar-refractivity contribution < 1.29 is 13.6 Å². The van der Waals surface area contributed by atoms with E-state index in [9.17, 15) is 13.6 Å². The van der Waals surface area contributed by atoms with Crippen molar-refractivity contribution in [1.29, 1.82) is 0 Å². The average molecular weight is 390 g/mol. The predicted molar refractivity (Wildman–Crippen MR) is 106 cm³/mol. The van der Waals surface area contributed by atoms with Crippen LogP contribution in [-0.4, -0.2) is 20.9 Å². The molecule has 3 aromatic heterocycles. The first-order valence-corrected chi connectivity index (χ1v) is 8.86. The third-order valence-corrected chi connectivity index (χ3v) is 4.44. The fourth-order valence-electron chi connectivity index (χ4n) is 3.03. The van der Waals surface area contributed by atoms with Gasteiger partial charge in [0.1, 0.15) is 23.0 Å². The number of carbonyl (C=O) groups is 1. The molecule has 0 saturated carbocycles. The van der Waals surface area contributed by atoms with Crippen molar-refractivity contribution in [3.05, 3.63) is 89.8 Å². The highest BCUT2D eigenvalue weighted by Gasteiger charge is 2.17. The quantitative estimate of drug-likeness (QED) is 0.516. The van der Waals surface area contributed by atoms with E-state index in [0.717, 1.165) is 40.3 Å². The van der Waals surface area contributed by atoms with Crippen LogP contribution in [0, 0.1) is 18.6 Å². The minimum absolute atomic E-state index is 0.190. The number of rotatable bonds is 4. The molecule has 1 amide bonds. The molecule has 3 heterocycles. The predicted octanol–water partition coefficient (Wildman–Crippen LogP) is 4.98. The number of hydrogen-bond acceptors (Lipinski definition) is 3. The van der Waals surface area contributed by atoms with Crippen molar-refractivity contribution in [2.45, 2.75) is 6.92 Å². The molecule has 0 aliphatic carbocycles. The second kappa shape index (κ2) is 7.63. The number of amides is 1. The summed E-state index contributed by atoms with van der Waals surface area (Å²) < 4.78 is 27.5. The maximum Gasteiger partial charge on any atom is 0.262 e. The number of carbonyl (C=O) groups excluding carboxylic acids is 1. The average Bonchev–Trinajstić information content (AvgIpc) is 3.11. The standard InChI is InChI=1S/C22H16F2N4O/c1-13-11-18(17-7-2-3-10-25-17)27-21(13)14-8-9-19(26-12-14)28-22(29)20-15(23)5-4-6-16(20)24/h2-12,27H,1H3,(H,26,28,29). The Morgan fingerprint density at radius 3 is 2.45 bits per heavy atom. The van der Waals surface area contributed by atoms with Gasteiger partial charge in [0.05, 0.1) is 17.1 Å². The molecule has 0 bridgehead atoms. The van der Waals surface area contributed by atoms with Crippen molar-refractivity contribution in [1.82, 2.24) is 15.0 Å². The summed E-state index contributed by atoms with van der Waals surface area (Å²) >= 11 is 0. The summed E-state index contributed by atoms with van der Waals surface area (Å²) in [5, 5.41) is 2.41. The molecule has 144 valence electrons. The largest absolute Gasteiger partial charge is 0.353 e. The maximum absolute atomic E-state index is 13.7. The molecule has 0 aliphatic rings. The molecular weight excluding hydrogens is 374 g/mol. The SMILES string of the molecule is Cc1cc(-c2ccccn2)[nH]c1-c1ccc(NC(=O)c2c(F)cccc2F)nc1. The Morgan fingerprint density at radius 2 is 1.79 bits per heavy atom. The Morgan fingerprint density at radius 1 is 1.00 bits per heavy atom. The number of nitrogens with one attached hydrogen (secondary N) is 2. The van der Waals surface area contributed by atoms with E-state index in [1.54, 1.807) is 24.5 Å².